The first kappa shape index (κ1) is 17.1. The van der Waals surface area contributed by atoms with Gasteiger partial charge in [-0.2, -0.15) is 0 Å². The zero-order chi connectivity index (χ0) is 16.3. The number of ether oxygens (including phenoxy) is 1. The standard InChI is InChI=1S/C17H25ClN2O2/c1-11-7-12(2)10-20(9-11)13(3)17(21)19-15-8-14(18)5-6-16(15)22-4/h5-6,8,11-13H,7,9-10H2,1-4H3,(H,19,21)/p+1/t11-,12-,13-/m0/s1. The summed E-state index contributed by atoms with van der Waals surface area (Å²) in [5, 5.41) is 3.54. The molecule has 2 N–H and O–H groups in total. The summed E-state index contributed by atoms with van der Waals surface area (Å²) in [6.45, 7) is 8.62. The van der Waals surface area contributed by atoms with E-state index in [9.17, 15) is 4.79 Å². The number of methoxy groups -OCH3 is 1. The molecule has 1 saturated heterocycles. The van der Waals surface area contributed by atoms with Crippen molar-refractivity contribution in [3.63, 3.8) is 0 Å². The second-order valence-corrected chi connectivity index (χ2v) is 7.00. The maximum atomic E-state index is 12.6. The molecule has 22 heavy (non-hydrogen) atoms. The van der Waals surface area contributed by atoms with E-state index < -0.39 is 0 Å². The van der Waals surface area contributed by atoms with E-state index in [4.69, 9.17) is 16.3 Å². The average Bonchev–Trinajstić information content (AvgIpc) is 2.45. The van der Waals surface area contributed by atoms with Crippen molar-refractivity contribution >= 4 is 23.2 Å². The normalized spacial score (nSPS) is 26.3. The summed E-state index contributed by atoms with van der Waals surface area (Å²) in [6, 6.07) is 5.15. The SMILES string of the molecule is COc1ccc(Cl)cc1NC(=O)[C@H](C)[NH+]1C[C@@H](C)C[C@H](C)C1. The third-order valence-corrected chi connectivity index (χ3v) is 4.69. The van der Waals surface area contributed by atoms with Crippen molar-refractivity contribution in [2.24, 2.45) is 11.8 Å². The highest BCUT2D eigenvalue weighted by Crippen LogP contribution is 2.27. The molecule has 4 nitrogen and oxygen atoms in total. The van der Waals surface area contributed by atoms with Gasteiger partial charge in [0.15, 0.2) is 6.04 Å². The molecule has 0 aliphatic carbocycles. The van der Waals surface area contributed by atoms with E-state index in [1.807, 2.05) is 6.92 Å². The molecule has 1 aliphatic rings. The smallest absolute Gasteiger partial charge is 0.282 e. The fraction of sp³-hybridized carbons (Fsp3) is 0.588. The third kappa shape index (κ3) is 4.14. The molecule has 0 radical (unpaired) electrons. The second-order valence-electron chi connectivity index (χ2n) is 6.57. The van der Waals surface area contributed by atoms with Gasteiger partial charge in [-0.1, -0.05) is 25.4 Å². The van der Waals surface area contributed by atoms with Crippen molar-refractivity contribution in [2.45, 2.75) is 33.2 Å². The second kappa shape index (κ2) is 7.34. The van der Waals surface area contributed by atoms with Gasteiger partial charge in [0.1, 0.15) is 5.75 Å². The van der Waals surface area contributed by atoms with E-state index in [0.717, 1.165) is 13.1 Å². The molecule has 1 fully saturated rings. The molecule has 1 amide bonds. The number of carbonyl (C=O) groups excluding carboxylic acids is 1. The summed E-state index contributed by atoms with van der Waals surface area (Å²) in [5.74, 6) is 1.96. The van der Waals surface area contributed by atoms with Crippen molar-refractivity contribution in [1.82, 2.24) is 0 Å². The summed E-state index contributed by atoms with van der Waals surface area (Å²) >= 11 is 6.01. The minimum atomic E-state index is -0.0890. The van der Waals surface area contributed by atoms with E-state index in [1.165, 1.54) is 11.3 Å². The van der Waals surface area contributed by atoms with E-state index >= 15 is 0 Å². The topological polar surface area (TPSA) is 42.8 Å². The number of piperidine rings is 1. The number of halogens is 1. The number of anilines is 1. The van der Waals surface area contributed by atoms with Crippen LogP contribution in [0.2, 0.25) is 5.02 Å². The quantitative estimate of drug-likeness (QED) is 0.891. The van der Waals surface area contributed by atoms with Crippen molar-refractivity contribution in [3.05, 3.63) is 23.2 Å². The van der Waals surface area contributed by atoms with Crippen LogP contribution in [0.25, 0.3) is 0 Å². The molecule has 1 aromatic rings. The fourth-order valence-corrected chi connectivity index (χ4v) is 3.56. The zero-order valence-corrected chi connectivity index (χ0v) is 14.5. The molecular formula is C17H26ClN2O2+. The molecule has 3 atom stereocenters. The number of hydrogen-bond acceptors (Lipinski definition) is 2. The first-order chi connectivity index (χ1) is 10.4. The van der Waals surface area contributed by atoms with Crippen LogP contribution in [0.4, 0.5) is 5.69 Å². The van der Waals surface area contributed by atoms with Crippen LogP contribution in [0.3, 0.4) is 0 Å². The summed E-state index contributed by atoms with van der Waals surface area (Å²) in [7, 11) is 1.58. The molecule has 1 heterocycles. The molecule has 1 aromatic carbocycles. The molecule has 0 bridgehead atoms. The van der Waals surface area contributed by atoms with Gasteiger partial charge >= 0.3 is 0 Å². The highest BCUT2D eigenvalue weighted by atomic mass is 35.5. The van der Waals surface area contributed by atoms with Crippen LogP contribution in [0.5, 0.6) is 5.75 Å². The Labute approximate surface area is 137 Å². The minimum absolute atomic E-state index is 0.0110. The molecule has 1 aliphatic heterocycles. The Kier molecular flexibility index (Phi) is 5.70. The van der Waals surface area contributed by atoms with Crippen LogP contribution in [-0.4, -0.2) is 32.1 Å². The van der Waals surface area contributed by atoms with Gasteiger partial charge in [-0.3, -0.25) is 4.79 Å². The Balaban J connectivity index is 2.07. The van der Waals surface area contributed by atoms with Crippen LogP contribution in [0.15, 0.2) is 18.2 Å². The van der Waals surface area contributed by atoms with Gasteiger partial charge < -0.3 is 15.0 Å². The molecular weight excluding hydrogens is 300 g/mol. The van der Waals surface area contributed by atoms with Crippen molar-refractivity contribution in [1.29, 1.82) is 0 Å². The number of carbonyl (C=O) groups is 1. The summed E-state index contributed by atoms with van der Waals surface area (Å²) < 4.78 is 5.28. The van der Waals surface area contributed by atoms with Gasteiger partial charge in [0.25, 0.3) is 5.91 Å². The Bertz CT molecular complexity index is 525. The molecule has 122 valence electrons. The maximum Gasteiger partial charge on any atom is 0.282 e. The first-order valence-corrected chi connectivity index (χ1v) is 8.27. The molecule has 0 aromatic heterocycles. The lowest BCUT2D eigenvalue weighted by Crippen LogP contribution is -3.18. The molecule has 0 unspecified atom stereocenters. The molecule has 0 spiro atoms. The molecule has 2 rings (SSSR count). The fourth-order valence-electron chi connectivity index (χ4n) is 3.39. The van der Waals surface area contributed by atoms with Crippen LogP contribution in [0.1, 0.15) is 27.2 Å². The van der Waals surface area contributed by atoms with Crippen molar-refractivity contribution in [3.8, 4) is 5.75 Å². The van der Waals surface area contributed by atoms with Gasteiger partial charge in [0, 0.05) is 16.9 Å². The summed E-state index contributed by atoms with van der Waals surface area (Å²) in [6.07, 6.45) is 1.25. The third-order valence-electron chi connectivity index (χ3n) is 4.45. The van der Waals surface area contributed by atoms with Crippen LogP contribution < -0.4 is 15.0 Å². The molecule has 0 saturated carbocycles. The van der Waals surface area contributed by atoms with E-state index in [2.05, 4.69) is 19.2 Å². The van der Waals surface area contributed by atoms with Crippen molar-refractivity contribution in [2.75, 3.05) is 25.5 Å². The molecule has 5 heteroatoms. The summed E-state index contributed by atoms with van der Waals surface area (Å²) in [4.78, 5) is 13.9. The Morgan fingerprint density at radius 1 is 1.36 bits per heavy atom. The first-order valence-electron chi connectivity index (χ1n) is 7.89. The summed E-state index contributed by atoms with van der Waals surface area (Å²) in [5.41, 5.74) is 0.629. The number of amides is 1. The van der Waals surface area contributed by atoms with E-state index in [0.29, 0.717) is 28.3 Å². The minimum Gasteiger partial charge on any atom is -0.495 e. The van der Waals surface area contributed by atoms with E-state index in [-0.39, 0.29) is 11.9 Å². The Hall–Kier alpha value is -1.26. The predicted octanol–water partition coefficient (Wildman–Crippen LogP) is 2.24. The maximum absolute atomic E-state index is 12.6. The number of quaternary nitrogens is 1. The number of rotatable bonds is 4. The van der Waals surface area contributed by atoms with Gasteiger partial charge in [-0.15, -0.1) is 0 Å². The van der Waals surface area contributed by atoms with Gasteiger partial charge in [0.05, 0.1) is 25.9 Å². The highest BCUT2D eigenvalue weighted by Gasteiger charge is 2.32. The van der Waals surface area contributed by atoms with E-state index in [1.54, 1.807) is 25.3 Å². The Morgan fingerprint density at radius 3 is 2.59 bits per heavy atom. The van der Waals surface area contributed by atoms with Gasteiger partial charge in [-0.25, -0.2) is 0 Å². The number of likely N-dealkylation sites (tertiary alicyclic amines) is 1. The van der Waals surface area contributed by atoms with Gasteiger partial charge in [-0.05, 0) is 31.5 Å². The average molecular weight is 326 g/mol. The Morgan fingerprint density at radius 2 is 2.00 bits per heavy atom. The lowest BCUT2D eigenvalue weighted by molar-refractivity contribution is -0.925. The zero-order valence-electron chi connectivity index (χ0n) is 13.8. The van der Waals surface area contributed by atoms with Gasteiger partial charge in [0.2, 0.25) is 0 Å². The number of benzene rings is 1. The van der Waals surface area contributed by atoms with Crippen LogP contribution in [-0.2, 0) is 4.79 Å². The largest absolute Gasteiger partial charge is 0.495 e. The monoisotopic (exact) mass is 325 g/mol. The van der Waals surface area contributed by atoms with Crippen LogP contribution >= 0.6 is 11.6 Å². The highest BCUT2D eigenvalue weighted by molar-refractivity contribution is 6.31. The lowest BCUT2D eigenvalue weighted by Gasteiger charge is -2.35. The van der Waals surface area contributed by atoms with Crippen molar-refractivity contribution < 1.29 is 14.4 Å². The number of hydrogen-bond donors (Lipinski definition) is 2. The lowest BCUT2D eigenvalue weighted by atomic mass is 9.91. The van der Waals surface area contributed by atoms with Crippen LogP contribution in [0, 0.1) is 11.8 Å². The predicted molar refractivity (Wildman–Crippen MR) is 89.7 cm³/mol. The number of nitrogens with one attached hydrogen (secondary N) is 2.